The first-order valence-corrected chi connectivity index (χ1v) is 21.5. The van der Waals surface area contributed by atoms with Gasteiger partial charge >= 0.3 is 0 Å². The summed E-state index contributed by atoms with van der Waals surface area (Å²) in [6.45, 7) is 11.5. The molecule has 3 aliphatic rings. The molecule has 0 amide bonds. The van der Waals surface area contributed by atoms with E-state index in [1.54, 1.807) is 0 Å². The highest BCUT2D eigenvalue weighted by Gasteiger charge is 2.44. The number of imidazole rings is 3. The maximum atomic E-state index is 14.4. The Morgan fingerprint density at radius 3 is 1.40 bits per heavy atom. The van der Waals surface area contributed by atoms with Gasteiger partial charge in [0.15, 0.2) is 59.2 Å². The van der Waals surface area contributed by atoms with Crippen LogP contribution in [-0.4, -0.2) is 101 Å². The molecule has 0 saturated carbocycles. The van der Waals surface area contributed by atoms with Crippen LogP contribution in [-0.2, 0) is 14.2 Å². The number of hydrogen-bond donors (Lipinski definition) is 4. The zero-order valence-electron chi connectivity index (χ0n) is 33.8. The van der Waals surface area contributed by atoms with Crippen LogP contribution >= 0.6 is 50.7 Å². The van der Waals surface area contributed by atoms with Crippen molar-refractivity contribution in [1.82, 2.24) is 59.0 Å². The molecule has 0 spiro atoms. The minimum absolute atomic E-state index is 0. The minimum Gasteiger partial charge on any atom is -0.382 e. The number of ether oxygens (including phenoxy) is 3. The second-order valence-corrected chi connectivity index (χ2v) is 16.6. The van der Waals surface area contributed by atoms with Crippen molar-refractivity contribution in [3.63, 3.8) is 0 Å². The number of nitrogens with one attached hydrogen (secondary N) is 1. The van der Waals surface area contributed by atoms with Gasteiger partial charge in [0, 0.05) is 17.8 Å². The molecule has 9 heterocycles. The molecular formula is C38H54BrCl3F3N15O3. The van der Waals surface area contributed by atoms with Crippen molar-refractivity contribution in [2.24, 2.45) is 17.8 Å². The Morgan fingerprint density at radius 1 is 0.619 bits per heavy atom. The van der Waals surface area contributed by atoms with Crippen LogP contribution in [0.2, 0.25) is 15.9 Å². The Labute approximate surface area is 386 Å². The Balaban J connectivity index is 0.000000190. The van der Waals surface area contributed by atoms with Crippen LogP contribution < -0.4 is 17.2 Å². The largest absolute Gasteiger partial charge is 0.382 e. The van der Waals surface area contributed by atoms with Crippen molar-refractivity contribution < 1.29 is 27.4 Å². The minimum atomic E-state index is -1.13. The van der Waals surface area contributed by atoms with E-state index in [1.807, 2.05) is 41.5 Å². The number of halogens is 7. The normalized spacial score (nSPS) is 28.7. The average molecular weight is 1010 g/mol. The third kappa shape index (κ3) is 10.8. The molecule has 0 radical (unpaired) electrons. The van der Waals surface area contributed by atoms with E-state index in [2.05, 4.69) is 65.8 Å². The Morgan fingerprint density at radius 2 is 1.02 bits per heavy atom. The van der Waals surface area contributed by atoms with E-state index in [9.17, 15) is 13.2 Å². The van der Waals surface area contributed by atoms with Crippen molar-refractivity contribution in [2.75, 3.05) is 17.2 Å². The fraction of sp³-hybridized carbons (Fsp3) is 0.605. The molecule has 6 aromatic heterocycles. The van der Waals surface area contributed by atoms with Crippen LogP contribution in [0.5, 0.6) is 0 Å². The van der Waals surface area contributed by atoms with Gasteiger partial charge in [-0.2, -0.15) is 29.9 Å². The number of anilines is 3. The fourth-order valence-corrected chi connectivity index (χ4v) is 8.63. The van der Waals surface area contributed by atoms with Crippen LogP contribution in [0.25, 0.3) is 33.5 Å². The lowest BCUT2D eigenvalue weighted by Crippen LogP contribution is -2.20. The Hall–Kier alpha value is -3.93. The number of H-pyrrole nitrogens is 1. The molecule has 3 fully saturated rings. The highest BCUT2D eigenvalue weighted by molar-refractivity contribution is 9.09. The highest BCUT2D eigenvalue weighted by Crippen LogP contribution is 2.40. The molecule has 0 bridgehead atoms. The van der Waals surface area contributed by atoms with E-state index < -0.39 is 31.0 Å². The predicted molar refractivity (Wildman–Crippen MR) is 243 cm³/mol. The van der Waals surface area contributed by atoms with E-state index in [0.29, 0.717) is 39.3 Å². The molecule has 18 nitrogen and oxygen atoms in total. The average Bonchev–Trinajstić information content (AvgIpc) is 4.08. The van der Waals surface area contributed by atoms with Gasteiger partial charge in [-0.1, -0.05) is 72.3 Å². The number of hydrogen-bond acceptors (Lipinski definition) is 15. The standard InChI is InChI=1S/2C12H15ClFN5O.C7H12BrFO.C5H4ClN5.2CH4/c2*1-3-6-5(2)7(14)11(20-6)19-4-16-8-9(15)17-12(13)18-10(8)19;1-3-5-4(2)6(9)7(8)10-5;6-5-10-3(7)2-4(11-5)9-1-8-2;;/h2*4-7,11H,3H2,1-2H3,(H2,15,17,18);4-7H,3H2,1-2H3;1H,(H3,7,8,9,10,11);2*1H4/t5?,6-,7-,11+;5?,6-,7-,11-;4?,5-,6-,7+;;;/m111.../s1. The number of aromatic amines is 1. The second kappa shape index (κ2) is 21.8. The zero-order valence-corrected chi connectivity index (χ0v) is 37.7. The van der Waals surface area contributed by atoms with Crippen LogP contribution in [0.4, 0.5) is 30.6 Å². The summed E-state index contributed by atoms with van der Waals surface area (Å²) in [4.78, 5) is 38.3. The number of fused-ring (bicyclic) bond motifs is 3. The molecule has 9 rings (SSSR count). The van der Waals surface area contributed by atoms with Gasteiger partial charge in [-0.05, 0) is 54.1 Å². The first-order chi connectivity index (χ1) is 29.0. The van der Waals surface area contributed by atoms with Crippen molar-refractivity contribution in [3.05, 3.63) is 34.8 Å². The third-order valence-corrected chi connectivity index (χ3v) is 12.1. The lowest BCUT2D eigenvalue weighted by molar-refractivity contribution is -0.0187. The first kappa shape index (κ1) is 51.7. The van der Waals surface area contributed by atoms with Gasteiger partial charge in [-0.15, -0.1) is 0 Å². The van der Waals surface area contributed by atoms with E-state index in [1.165, 1.54) is 28.1 Å². The van der Waals surface area contributed by atoms with Crippen LogP contribution in [0, 0.1) is 17.8 Å². The summed E-state index contributed by atoms with van der Waals surface area (Å²) in [5.74, 6) is 0.334. The Bertz CT molecular complexity index is 2320. The molecule has 0 aliphatic carbocycles. The molecule has 12 atom stereocenters. The summed E-state index contributed by atoms with van der Waals surface area (Å²) < 4.78 is 61.7. The molecule has 348 valence electrons. The van der Waals surface area contributed by atoms with E-state index >= 15 is 0 Å². The quantitative estimate of drug-likeness (QED) is 0.0929. The number of aromatic nitrogens is 12. The molecule has 6 aromatic rings. The summed E-state index contributed by atoms with van der Waals surface area (Å²) in [5, 5.41) is -0.259. The van der Waals surface area contributed by atoms with Crippen molar-refractivity contribution in [2.45, 2.75) is 130 Å². The maximum Gasteiger partial charge on any atom is 0.226 e. The molecule has 3 unspecified atom stereocenters. The molecule has 3 aliphatic heterocycles. The van der Waals surface area contributed by atoms with E-state index in [4.69, 9.17) is 66.2 Å². The van der Waals surface area contributed by atoms with Gasteiger partial charge in [0.1, 0.15) is 27.7 Å². The smallest absolute Gasteiger partial charge is 0.226 e. The number of rotatable bonds is 5. The third-order valence-electron chi connectivity index (χ3n) is 10.9. The van der Waals surface area contributed by atoms with Gasteiger partial charge in [-0.3, -0.25) is 9.13 Å². The summed E-state index contributed by atoms with van der Waals surface area (Å²) in [5.41, 5.74) is 19.7. The number of nitrogens with zero attached hydrogens (tertiary/aromatic N) is 11. The van der Waals surface area contributed by atoms with Crippen molar-refractivity contribution in [3.8, 4) is 0 Å². The zero-order chi connectivity index (χ0) is 44.4. The van der Waals surface area contributed by atoms with Gasteiger partial charge in [0.05, 0.1) is 37.3 Å². The molecule has 7 N–H and O–H groups in total. The molecule has 3 saturated heterocycles. The number of alkyl halides is 4. The monoisotopic (exact) mass is 1010 g/mol. The maximum absolute atomic E-state index is 14.4. The lowest BCUT2D eigenvalue weighted by atomic mass is 10.00. The fourth-order valence-electron chi connectivity index (χ4n) is 7.36. The summed E-state index contributed by atoms with van der Waals surface area (Å²) in [7, 11) is 0. The Kier molecular flexibility index (Phi) is 17.9. The summed E-state index contributed by atoms with van der Waals surface area (Å²) in [6.07, 6.45) is 2.05. The van der Waals surface area contributed by atoms with Crippen LogP contribution in [0.1, 0.15) is 88.1 Å². The molecule has 25 heteroatoms. The summed E-state index contributed by atoms with van der Waals surface area (Å²) in [6, 6.07) is 0. The number of nitrogens with two attached hydrogens (primary N) is 3. The van der Waals surface area contributed by atoms with E-state index in [-0.39, 0.29) is 83.4 Å². The lowest BCUT2D eigenvalue weighted by Gasteiger charge is -2.15. The van der Waals surface area contributed by atoms with E-state index in [0.717, 1.165) is 19.3 Å². The van der Waals surface area contributed by atoms with Crippen molar-refractivity contribution >= 4 is 102 Å². The molecular weight excluding hydrogens is 958 g/mol. The predicted octanol–water partition coefficient (Wildman–Crippen LogP) is 9.04. The first-order valence-electron chi connectivity index (χ1n) is 19.4. The highest BCUT2D eigenvalue weighted by atomic mass is 79.9. The van der Waals surface area contributed by atoms with Gasteiger partial charge < -0.3 is 36.4 Å². The summed E-state index contributed by atoms with van der Waals surface area (Å²) >= 11 is 20.3. The van der Waals surface area contributed by atoms with Crippen LogP contribution in [0.3, 0.4) is 0 Å². The van der Waals surface area contributed by atoms with Gasteiger partial charge in [-0.25, -0.2) is 28.1 Å². The topological polar surface area (TPSA) is 247 Å². The molecule has 63 heavy (non-hydrogen) atoms. The SMILES string of the molecule is C.C.CC[C@H]1O[C@@H](n2cnc3c(N)nc(Cl)nc32)[C@H](F)C1C.CC[C@H]1O[C@H](Br)[C@H](F)C1C.CC[C@H]1O[C@H](n2cnc3c(N)nc(Cl)nc32)[C@H](F)C1C.Nc1nc(Cl)nc2nc[nH]c12. The van der Waals surface area contributed by atoms with Crippen LogP contribution in [0.15, 0.2) is 19.0 Å². The van der Waals surface area contributed by atoms with Crippen molar-refractivity contribution in [1.29, 1.82) is 0 Å². The number of nitrogen functional groups attached to an aromatic ring is 3. The molecule has 0 aromatic carbocycles. The van der Waals surface area contributed by atoms with Gasteiger partial charge in [0.25, 0.3) is 0 Å². The van der Waals surface area contributed by atoms with Gasteiger partial charge in [0.2, 0.25) is 15.9 Å². The second-order valence-electron chi connectivity index (χ2n) is 14.7.